The molecule has 10 nitrogen and oxygen atoms in total. The van der Waals surface area contributed by atoms with E-state index in [1.54, 1.807) is 18.2 Å². The van der Waals surface area contributed by atoms with Crippen molar-refractivity contribution >= 4 is 29.5 Å². The monoisotopic (exact) mass is 379 g/mol. The molecule has 1 aromatic rings. The molecular formula is C17H21N3O7. The Bertz CT molecular complexity index is 776. The van der Waals surface area contributed by atoms with E-state index in [-0.39, 0.29) is 0 Å². The van der Waals surface area contributed by atoms with Crippen LogP contribution in [0.2, 0.25) is 0 Å². The van der Waals surface area contributed by atoms with Crippen molar-refractivity contribution in [3.05, 3.63) is 18.2 Å². The quantitative estimate of drug-likeness (QED) is 0.523. The highest BCUT2D eigenvalue weighted by molar-refractivity contribution is 6.08. The minimum Gasteiger partial charge on any atom is -0.497 e. The number of ether oxygens (including phenoxy) is 3. The van der Waals surface area contributed by atoms with E-state index in [0.29, 0.717) is 17.2 Å². The zero-order chi connectivity index (χ0) is 20.2. The normalized spacial score (nSPS) is 15.2. The predicted molar refractivity (Wildman–Crippen MR) is 93.5 cm³/mol. The van der Waals surface area contributed by atoms with Crippen LogP contribution in [-0.2, 0) is 19.1 Å². The molecule has 0 radical (unpaired) electrons. The van der Waals surface area contributed by atoms with E-state index in [0.717, 1.165) is 4.90 Å². The average Bonchev–Trinajstić information content (AvgIpc) is 2.82. The van der Waals surface area contributed by atoms with Crippen LogP contribution in [0.3, 0.4) is 0 Å². The van der Waals surface area contributed by atoms with Gasteiger partial charge in [0.15, 0.2) is 6.61 Å². The summed E-state index contributed by atoms with van der Waals surface area (Å²) in [5.41, 5.74) is -0.713. The van der Waals surface area contributed by atoms with Crippen molar-refractivity contribution < 1.29 is 33.4 Å². The number of urea groups is 1. The maximum Gasteiger partial charge on any atom is 0.326 e. The van der Waals surface area contributed by atoms with Gasteiger partial charge in [-0.25, -0.2) is 4.79 Å². The van der Waals surface area contributed by atoms with E-state index in [1.165, 1.54) is 28.1 Å². The Kier molecular flexibility index (Phi) is 5.88. The average molecular weight is 379 g/mol. The molecule has 146 valence electrons. The fraction of sp³-hybridized carbons (Fsp3) is 0.412. The largest absolute Gasteiger partial charge is 0.497 e. The third kappa shape index (κ3) is 4.66. The lowest BCUT2D eigenvalue weighted by Crippen LogP contribution is -2.41. The van der Waals surface area contributed by atoms with Gasteiger partial charge in [-0.15, -0.1) is 0 Å². The minimum atomic E-state index is -1.08. The van der Waals surface area contributed by atoms with Gasteiger partial charge in [-0.3, -0.25) is 19.3 Å². The fourth-order valence-electron chi connectivity index (χ4n) is 2.37. The summed E-state index contributed by atoms with van der Waals surface area (Å²) in [6, 6.07) is 4.10. The summed E-state index contributed by atoms with van der Waals surface area (Å²) in [5.74, 6) is -1.11. The van der Waals surface area contributed by atoms with Crippen molar-refractivity contribution in [1.29, 1.82) is 0 Å². The zero-order valence-electron chi connectivity index (χ0n) is 15.5. The van der Waals surface area contributed by atoms with Crippen molar-refractivity contribution in [2.75, 3.05) is 32.7 Å². The number of imide groups is 1. The second kappa shape index (κ2) is 7.94. The van der Waals surface area contributed by atoms with Crippen LogP contribution in [0.25, 0.3) is 0 Å². The Labute approximate surface area is 155 Å². The molecule has 2 N–H and O–H groups in total. The summed E-state index contributed by atoms with van der Waals surface area (Å²) < 4.78 is 15.0. The standard InChI is InChI=1S/C17H21N3O7/c1-17(2)15(23)20(16(24)19-17)8-14(22)27-9-13(21)18-11-6-5-10(25-3)7-12(11)26-4/h5-7H,8-9H2,1-4H3,(H,18,21)(H,19,24). The summed E-state index contributed by atoms with van der Waals surface area (Å²) in [6.45, 7) is 1.89. The van der Waals surface area contributed by atoms with E-state index >= 15 is 0 Å². The number of nitrogens with zero attached hydrogens (tertiary/aromatic N) is 1. The van der Waals surface area contributed by atoms with Crippen LogP contribution >= 0.6 is 0 Å². The van der Waals surface area contributed by atoms with Gasteiger partial charge in [0.05, 0.1) is 19.9 Å². The maximum absolute atomic E-state index is 12.0. The van der Waals surface area contributed by atoms with Crippen molar-refractivity contribution in [3.63, 3.8) is 0 Å². The number of hydrogen-bond donors (Lipinski definition) is 2. The molecule has 1 saturated heterocycles. The third-order valence-corrected chi connectivity index (χ3v) is 3.78. The van der Waals surface area contributed by atoms with E-state index in [2.05, 4.69) is 10.6 Å². The van der Waals surface area contributed by atoms with Crippen LogP contribution in [-0.4, -0.2) is 61.6 Å². The number of amides is 4. The first kappa shape index (κ1) is 20.0. The van der Waals surface area contributed by atoms with Gasteiger partial charge in [0.2, 0.25) is 0 Å². The molecule has 1 aromatic carbocycles. The summed E-state index contributed by atoms with van der Waals surface area (Å²) in [5, 5.41) is 4.98. The van der Waals surface area contributed by atoms with E-state index < -0.39 is 42.5 Å². The van der Waals surface area contributed by atoms with Gasteiger partial charge in [-0.1, -0.05) is 0 Å². The number of anilines is 1. The molecule has 0 spiro atoms. The summed E-state index contributed by atoms with van der Waals surface area (Å²) in [6.07, 6.45) is 0. The molecule has 0 aromatic heterocycles. The lowest BCUT2D eigenvalue weighted by atomic mass is 10.1. The number of benzene rings is 1. The number of carbonyl (C=O) groups excluding carboxylic acids is 4. The zero-order valence-corrected chi connectivity index (χ0v) is 15.5. The molecular weight excluding hydrogens is 358 g/mol. The number of esters is 1. The smallest absolute Gasteiger partial charge is 0.326 e. The van der Waals surface area contributed by atoms with Gasteiger partial charge >= 0.3 is 12.0 Å². The van der Waals surface area contributed by atoms with E-state index in [1.807, 2.05) is 0 Å². The van der Waals surface area contributed by atoms with Crippen LogP contribution < -0.4 is 20.1 Å². The first-order valence-corrected chi connectivity index (χ1v) is 7.99. The second-order valence-corrected chi connectivity index (χ2v) is 6.22. The molecule has 0 bridgehead atoms. The Hall–Kier alpha value is -3.30. The molecule has 0 atom stereocenters. The molecule has 1 heterocycles. The van der Waals surface area contributed by atoms with Crippen molar-refractivity contribution in [3.8, 4) is 11.5 Å². The van der Waals surface area contributed by atoms with Gasteiger partial charge < -0.3 is 24.8 Å². The molecule has 0 aliphatic carbocycles. The summed E-state index contributed by atoms with van der Waals surface area (Å²) >= 11 is 0. The summed E-state index contributed by atoms with van der Waals surface area (Å²) in [4.78, 5) is 48.3. The molecule has 1 fully saturated rings. The first-order valence-electron chi connectivity index (χ1n) is 7.99. The lowest BCUT2D eigenvalue weighted by Gasteiger charge is -2.15. The van der Waals surface area contributed by atoms with Gasteiger partial charge in [-0.05, 0) is 26.0 Å². The fourth-order valence-corrected chi connectivity index (χ4v) is 2.37. The van der Waals surface area contributed by atoms with Gasteiger partial charge in [0, 0.05) is 6.07 Å². The Balaban J connectivity index is 1.88. The highest BCUT2D eigenvalue weighted by Crippen LogP contribution is 2.28. The van der Waals surface area contributed by atoms with E-state index in [9.17, 15) is 19.2 Å². The first-order chi connectivity index (χ1) is 12.7. The highest BCUT2D eigenvalue weighted by atomic mass is 16.5. The molecule has 4 amide bonds. The van der Waals surface area contributed by atoms with Crippen molar-refractivity contribution in [2.45, 2.75) is 19.4 Å². The highest BCUT2D eigenvalue weighted by Gasteiger charge is 2.45. The topological polar surface area (TPSA) is 123 Å². The van der Waals surface area contributed by atoms with Gasteiger partial charge in [0.1, 0.15) is 23.6 Å². The van der Waals surface area contributed by atoms with Crippen LogP contribution in [0.1, 0.15) is 13.8 Å². The second-order valence-electron chi connectivity index (χ2n) is 6.22. The van der Waals surface area contributed by atoms with Crippen molar-refractivity contribution in [1.82, 2.24) is 10.2 Å². The van der Waals surface area contributed by atoms with Gasteiger partial charge in [0.25, 0.3) is 11.8 Å². The molecule has 0 saturated carbocycles. The number of nitrogens with one attached hydrogen (secondary N) is 2. The minimum absolute atomic E-state index is 0.371. The molecule has 1 aliphatic rings. The molecule has 2 rings (SSSR count). The van der Waals surface area contributed by atoms with Crippen LogP contribution in [0.4, 0.5) is 10.5 Å². The lowest BCUT2D eigenvalue weighted by molar-refractivity contribution is -0.150. The number of methoxy groups -OCH3 is 2. The molecule has 0 unspecified atom stereocenters. The Morgan fingerprint density at radius 1 is 1.19 bits per heavy atom. The van der Waals surface area contributed by atoms with E-state index in [4.69, 9.17) is 14.2 Å². The number of rotatable bonds is 7. The van der Waals surface area contributed by atoms with Gasteiger partial charge in [-0.2, -0.15) is 0 Å². The molecule has 10 heteroatoms. The van der Waals surface area contributed by atoms with Crippen LogP contribution in [0, 0.1) is 0 Å². The number of carbonyl (C=O) groups is 4. The SMILES string of the molecule is COc1ccc(NC(=O)COC(=O)CN2C(=O)NC(C)(C)C2=O)c(OC)c1. The Morgan fingerprint density at radius 3 is 2.44 bits per heavy atom. The summed E-state index contributed by atoms with van der Waals surface area (Å²) in [7, 11) is 2.93. The predicted octanol–water partition coefficient (Wildman–Crippen LogP) is 0.516. The maximum atomic E-state index is 12.0. The molecule has 1 aliphatic heterocycles. The van der Waals surface area contributed by atoms with Crippen LogP contribution in [0.5, 0.6) is 11.5 Å². The number of hydrogen-bond acceptors (Lipinski definition) is 7. The van der Waals surface area contributed by atoms with Crippen LogP contribution in [0.15, 0.2) is 18.2 Å². The van der Waals surface area contributed by atoms with Crippen molar-refractivity contribution in [2.24, 2.45) is 0 Å². The third-order valence-electron chi connectivity index (χ3n) is 3.78. The molecule has 27 heavy (non-hydrogen) atoms. The Morgan fingerprint density at radius 2 is 1.89 bits per heavy atom.